The third-order valence-electron chi connectivity index (χ3n) is 5.60. The van der Waals surface area contributed by atoms with Gasteiger partial charge in [0.1, 0.15) is 17.2 Å². The molecular formula is C24H25N3O7S. The summed E-state index contributed by atoms with van der Waals surface area (Å²) in [6, 6.07) is 15.4. The minimum Gasteiger partial charge on any atom is -0.457 e. The third-order valence-corrected chi connectivity index (χ3v) is 7.35. The van der Waals surface area contributed by atoms with Gasteiger partial charge in [-0.15, -0.1) is 0 Å². The second-order valence-corrected chi connectivity index (χ2v) is 10.5. The van der Waals surface area contributed by atoms with E-state index in [9.17, 15) is 22.8 Å². The van der Waals surface area contributed by atoms with E-state index in [2.05, 4.69) is 10.4 Å². The first kappa shape index (κ1) is 24.4. The summed E-state index contributed by atoms with van der Waals surface area (Å²) in [5, 5.41) is 7.81. The van der Waals surface area contributed by atoms with Crippen LogP contribution in [0.5, 0.6) is 11.5 Å². The Hall–Kier alpha value is -3.73. The Bertz CT molecular complexity index is 1240. The van der Waals surface area contributed by atoms with E-state index in [4.69, 9.17) is 9.47 Å². The molecule has 0 radical (unpaired) electrons. The summed E-state index contributed by atoms with van der Waals surface area (Å²) in [5.74, 6) is -0.622. The van der Waals surface area contributed by atoms with Crippen LogP contribution in [0.2, 0.25) is 0 Å². The zero-order valence-corrected chi connectivity index (χ0v) is 19.9. The van der Waals surface area contributed by atoms with Crippen LogP contribution in [0.1, 0.15) is 26.2 Å². The molecule has 2 aliphatic heterocycles. The van der Waals surface area contributed by atoms with Gasteiger partial charge in [0.2, 0.25) is 5.91 Å². The Balaban J connectivity index is 1.32. The summed E-state index contributed by atoms with van der Waals surface area (Å²) in [6.45, 7) is 1.43. The number of hydrogen-bond donors (Lipinski definition) is 1. The van der Waals surface area contributed by atoms with Crippen LogP contribution in [0.15, 0.2) is 59.7 Å². The summed E-state index contributed by atoms with van der Waals surface area (Å²) in [5.41, 5.74) is 0.475. The summed E-state index contributed by atoms with van der Waals surface area (Å²) < 4.78 is 34.5. The van der Waals surface area contributed by atoms with E-state index in [-0.39, 0.29) is 42.4 Å². The Morgan fingerprint density at radius 1 is 1.06 bits per heavy atom. The molecule has 1 N–H and O–H groups in total. The van der Waals surface area contributed by atoms with E-state index < -0.39 is 33.9 Å². The number of benzene rings is 2. The van der Waals surface area contributed by atoms with Crippen LogP contribution >= 0.6 is 0 Å². The van der Waals surface area contributed by atoms with E-state index in [0.717, 1.165) is 5.01 Å². The standard InChI is InChI=1S/C24H25N3O7S/c1-16(23(29)25-17-7-9-20(10-8-17)34-19-5-3-2-4-6-19)33-24(30)21-11-12-22(28)27(26-21)18-13-14-35(31,32)15-18/h2-10,16,18H,11-15H2,1H3,(H,25,29)/t16-,18+/m0/s1. The molecule has 1 saturated heterocycles. The van der Waals surface area contributed by atoms with Crippen molar-refractivity contribution in [3.05, 3.63) is 54.6 Å². The van der Waals surface area contributed by atoms with Crippen LogP contribution in [-0.2, 0) is 29.0 Å². The Morgan fingerprint density at radius 3 is 2.40 bits per heavy atom. The molecule has 4 rings (SSSR count). The van der Waals surface area contributed by atoms with Gasteiger partial charge in [0.05, 0.1) is 17.5 Å². The summed E-state index contributed by atoms with van der Waals surface area (Å²) >= 11 is 0. The van der Waals surface area contributed by atoms with Crippen molar-refractivity contribution in [3.8, 4) is 11.5 Å². The van der Waals surface area contributed by atoms with Crippen LogP contribution in [0.4, 0.5) is 5.69 Å². The molecule has 11 heteroatoms. The van der Waals surface area contributed by atoms with E-state index >= 15 is 0 Å². The molecule has 0 spiro atoms. The number of nitrogens with zero attached hydrogens (tertiary/aromatic N) is 2. The lowest BCUT2D eigenvalue weighted by Crippen LogP contribution is -2.42. The number of esters is 1. The van der Waals surface area contributed by atoms with E-state index in [1.54, 1.807) is 24.3 Å². The molecule has 0 aliphatic carbocycles. The SMILES string of the molecule is C[C@H](OC(=O)C1=NN([C@@H]2CCS(=O)(=O)C2)C(=O)CC1)C(=O)Nc1ccc(Oc2ccccc2)cc1. The number of nitrogens with one attached hydrogen (secondary N) is 1. The largest absolute Gasteiger partial charge is 0.457 e. The predicted molar refractivity (Wildman–Crippen MR) is 128 cm³/mol. The fourth-order valence-corrected chi connectivity index (χ4v) is 5.42. The predicted octanol–water partition coefficient (Wildman–Crippen LogP) is 2.51. The first-order valence-corrected chi connectivity index (χ1v) is 13.0. The van der Waals surface area contributed by atoms with Crippen LogP contribution in [0.3, 0.4) is 0 Å². The van der Waals surface area contributed by atoms with E-state index in [1.807, 2.05) is 30.3 Å². The average Bonchev–Trinajstić information content (AvgIpc) is 3.20. The van der Waals surface area contributed by atoms with Gasteiger partial charge in [0.25, 0.3) is 5.91 Å². The van der Waals surface area contributed by atoms with Gasteiger partial charge < -0.3 is 14.8 Å². The Labute approximate surface area is 202 Å². The molecule has 2 aromatic rings. The van der Waals surface area contributed by atoms with Gasteiger partial charge in [-0.05, 0) is 49.7 Å². The maximum absolute atomic E-state index is 12.6. The topological polar surface area (TPSA) is 131 Å². The number of anilines is 1. The normalized spacial score (nSPS) is 20.0. The molecule has 35 heavy (non-hydrogen) atoms. The first-order chi connectivity index (χ1) is 16.7. The molecule has 2 amide bonds. The maximum Gasteiger partial charge on any atom is 0.355 e. The Morgan fingerprint density at radius 2 is 1.74 bits per heavy atom. The third kappa shape index (κ3) is 6.24. The quantitative estimate of drug-likeness (QED) is 0.579. The number of hydrogen-bond acceptors (Lipinski definition) is 8. The molecule has 0 aromatic heterocycles. The number of rotatable bonds is 7. The minimum atomic E-state index is -3.22. The lowest BCUT2D eigenvalue weighted by Gasteiger charge is -2.27. The first-order valence-electron chi connectivity index (χ1n) is 11.1. The second-order valence-electron chi connectivity index (χ2n) is 8.32. The van der Waals surface area contributed by atoms with Gasteiger partial charge in [-0.1, -0.05) is 18.2 Å². The van der Waals surface area contributed by atoms with Crippen LogP contribution in [-0.4, -0.2) is 60.6 Å². The molecule has 184 valence electrons. The van der Waals surface area contributed by atoms with Gasteiger partial charge in [-0.2, -0.15) is 5.10 Å². The number of carbonyl (C=O) groups excluding carboxylic acids is 3. The van der Waals surface area contributed by atoms with Gasteiger partial charge in [-0.25, -0.2) is 18.2 Å². The number of carbonyl (C=O) groups is 3. The average molecular weight is 500 g/mol. The molecule has 1 fully saturated rings. The molecular weight excluding hydrogens is 474 g/mol. The fourth-order valence-electron chi connectivity index (χ4n) is 3.73. The van der Waals surface area contributed by atoms with E-state index in [1.165, 1.54) is 6.92 Å². The van der Waals surface area contributed by atoms with Gasteiger partial charge in [0.15, 0.2) is 15.9 Å². The number of sulfone groups is 1. The summed E-state index contributed by atoms with van der Waals surface area (Å²) in [7, 11) is -3.22. The van der Waals surface area contributed by atoms with Crippen molar-refractivity contribution < 1.29 is 32.3 Å². The van der Waals surface area contributed by atoms with E-state index in [0.29, 0.717) is 17.2 Å². The lowest BCUT2D eigenvalue weighted by molar-refractivity contribution is -0.147. The highest BCUT2D eigenvalue weighted by molar-refractivity contribution is 7.91. The highest BCUT2D eigenvalue weighted by Gasteiger charge is 2.37. The van der Waals surface area contributed by atoms with Crippen LogP contribution < -0.4 is 10.1 Å². The minimum absolute atomic E-state index is 0.0163. The molecule has 0 saturated carbocycles. The van der Waals surface area contributed by atoms with Crippen molar-refractivity contribution in [1.29, 1.82) is 0 Å². The highest BCUT2D eigenvalue weighted by atomic mass is 32.2. The number of amides is 2. The van der Waals surface area contributed by atoms with Crippen LogP contribution in [0, 0.1) is 0 Å². The molecule has 2 aliphatic rings. The monoisotopic (exact) mass is 499 g/mol. The Kier molecular flexibility index (Phi) is 7.15. The second kappa shape index (κ2) is 10.3. The van der Waals surface area contributed by atoms with Crippen LogP contribution in [0.25, 0.3) is 0 Å². The lowest BCUT2D eigenvalue weighted by atomic mass is 10.1. The fraction of sp³-hybridized carbons (Fsp3) is 0.333. The smallest absolute Gasteiger partial charge is 0.355 e. The van der Waals surface area contributed by atoms with Crippen molar-refractivity contribution in [2.75, 3.05) is 16.8 Å². The van der Waals surface area contributed by atoms with Crippen molar-refractivity contribution in [2.45, 2.75) is 38.3 Å². The molecule has 0 bridgehead atoms. The van der Waals surface area contributed by atoms with Gasteiger partial charge in [-0.3, -0.25) is 9.59 Å². The maximum atomic E-state index is 12.6. The zero-order valence-electron chi connectivity index (χ0n) is 19.0. The highest BCUT2D eigenvalue weighted by Crippen LogP contribution is 2.24. The van der Waals surface area contributed by atoms with Crippen molar-refractivity contribution in [2.24, 2.45) is 5.10 Å². The number of hydrazone groups is 1. The number of ether oxygens (including phenoxy) is 2. The summed E-state index contributed by atoms with van der Waals surface area (Å²) in [6.07, 6.45) is -0.773. The molecule has 2 atom stereocenters. The van der Waals surface area contributed by atoms with Gasteiger partial charge in [0, 0.05) is 18.5 Å². The van der Waals surface area contributed by atoms with Crippen molar-refractivity contribution in [1.82, 2.24) is 5.01 Å². The van der Waals surface area contributed by atoms with Crippen molar-refractivity contribution >= 4 is 39.0 Å². The number of para-hydroxylation sites is 1. The molecule has 2 heterocycles. The summed E-state index contributed by atoms with van der Waals surface area (Å²) in [4.78, 5) is 37.3. The molecule has 10 nitrogen and oxygen atoms in total. The molecule has 0 unspecified atom stereocenters. The molecule has 2 aromatic carbocycles. The zero-order chi connectivity index (χ0) is 25.0. The van der Waals surface area contributed by atoms with Crippen molar-refractivity contribution in [3.63, 3.8) is 0 Å². The van der Waals surface area contributed by atoms with Gasteiger partial charge >= 0.3 is 5.97 Å².